The van der Waals surface area contributed by atoms with Crippen LogP contribution < -0.4 is 29.9 Å². The Hall–Kier alpha value is -4.48. The zero-order valence-electron chi connectivity index (χ0n) is 22.5. The van der Waals surface area contributed by atoms with Crippen molar-refractivity contribution in [2.75, 3.05) is 59.8 Å². The molecule has 3 rings (SSSR count). The molecule has 38 heavy (non-hydrogen) atoms. The van der Waals surface area contributed by atoms with E-state index in [9.17, 15) is 0 Å². The van der Waals surface area contributed by atoms with Crippen LogP contribution in [0.15, 0.2) is 49.6 Å². The van der Waals surface area contributed by atoms with Crippen molar-refractivity contribution in [2.24, 2.45) is 0 Å². The van der Waals surface area contributed by atoms with E-state index in [0.29, 0.717) is 37.0 Å². The van der Waals surface area contributed by atoms with E-state index < -0.39 is 0 Å². The van der Waals surface area contributed by atoms with Gasteiger partial charge in [-0.2, -0.15) is 29.9 Å². The molecular weight excluding hydrogens is 484 g/mol. The summed E-state index contributed by atoms with van der Waals surface area (Å²) in [4.78, 5) is 30.8. The number of hydrogen-bond acceptors (Lipinski definition) is 12. The molecule has 0 saturated carbocycles. The summed E-state index contributed by atoms with van der Waals surface area (Å²) in [6.07, 6.45) is 3.29. The molecular formula is C26H36N10O2. The molecule has 202 valence electrons. The standard InChI is InChI=1S/C26H36N10O2/c1-7-17-37-25-31-21(29-23(33-25)35(9-3)10-4)27-19-13-15-20(16-14-19)28-22-30-24(36(11-5)12-6)34-26(32-22)38-18-8-2/h7-8,13-16H,1-2,9-12,17-18H2,3-6H3,(H,27,29,31,33)(H,28,30,32,34). The van der Waals surface area contributed by atoms with Crippen molar-refractivity contribution in [1.82, 2.24) is 29.9 Å². The van der Waals surface area contributed by atoms with Crippen molar-refractivity contribution in [3.63, 3.8) is 0 Å². The molecule has 0 spiro atoms. The average Bonchev–Trinajstić information content (AvgIpc) is 2.93. The van der Waals surface area contributed by atoms with Crippen LogP contribution >= 0.6 is 0 Å². The van der Waals surface area contributed by atoms with Gasteiger partial charge in [-0.1, -0.05) is 25.3 Å². The minimum atomic E-state index is 0.232. The number of nitrogens with one attached hydrogen (secondary N) is 2. The number of ether oxygens (including phenoxy) is 2. The molecule has 2 aromatic heterocycles. The van der Waals surface area contributed by atoms with Gasteiger partial charge in [0.15, 0.2) is 0 Å². The second kappa shape index (κ2) is 14.3. The fourth-order valence-corrected chi connectivity index (χ4v) is 3.39. The second-order valence-corrected chi connectivity index (χ2v) is 7.85. The van der Waals surface area contributed by atoms with Gasteiger partial charge in [-0.25, -0.2) is 0 Å². The highest BCUT2D eigenvalue weighted by atomic mass is 16.5. The van der Waals surface area contributed by atoms with E-state index >= 15 is 0 Å². The van der Waals surface area contributed by atoms with Gasteiger partial charge < -0.3 is 29.9 Å². The normalized spacial score (nSPS) is 10.4. The van der Waals surface area contributed by atoms with Crippen molar-refractivity contribution in [3.05, 3.63) is 49.6 Å². The lowest BCUT2D eigenvalue weighted by Crippen LogP contribution is -2.25. The fraction of sp³-hybridized carbons (Fsp3) is 0.385. The van der Waals surface area contributed by atoms with E-state index in [1.54, 1.807) is 12.2 Å². The number of benzene rings is 1. The Morgan fingerprint density at radius 3 is 1.32 bits per heavy atom. The first kappa shape index (κ1) is 28.1. The third-order valence-corrected chi connectivity index (χ3v) is 5.36. The molecule has 3 aromatic rings. The molecule has 0 saturated heterocycles. The lowest BCUT2D eigenvalue weighted by atomic mass is 10.3. The first-order valence-corrected chi connectivity index (χ1v) is 12.7. The molecule has 0 bridgehead atoms. The van der Waals surface area contributed by atoms with Gasteiger partial charge in [-0.3, -0.25) is 0 Å². The molecule has 0 aliphatic carbocycles. The largest absolute Gasteiger partial charge is 0.459 e. The molecule has 12 nitrogen and oxygen atoms in total. The number of nitrogens with zero attached hydrogens (tertiary/aromatic N) is 8. The summed E-state index contributed by atoms with van der Waals surface area (Å²) in [5, 5.41) is 6.45. The van der Waals surface area contributed by atoms with Crippen LogP contribution in [0.25, 0.3) is 0 Å². The SMILES string of the molecule is C=CCOc1nc(Nc2ccc(Nc3nc(OCC=C)nc(N(CC)CC)n3)cc2)nc(N(CC)CC)n1. The summed E-state index contributed by atoms with van der Waals surface area (Å²) in [6, 6.07) is 8.06. The minimum Gasteiger partial charge on any atom is -0.459 e. The maximum absolute atomic E-state index is 5.58. The summed E-state index contributed by atoms with van der Waals surface area (Å²) < 4.78 is 11.2. The Morgan fingerprint density at radius 2 is 1.00 bits per heavy atom. The van der Waals surface area contributed by atoms with Crippen molar-refractivity contribution in [2.45, 2.75) is 27.7 Å². The quantitative estimate of drug-likeness (QED) is 0.260. The van der Waals surface area contributed by atoms with Crippen LogP contribution in [0.2, 0.25) is 0 Å². The molecule has 0 unspecified atom stereocenters. The maximum atomic E-state index is 5.58. The van der Waals surface area contributed by atoms with E-state index in [1.165, 1.54) is 0 Å². The number of rotatable bonds is 16. The molecule has 12 heteroatoms. The van der Waals surface area contributed by atoms with E-state index in [0.717, 1.165) is 37.6 Å². The van der Waals surface area contributed by atoms with Gasteiger partial charge in [-0.15, -0.1) is 0 Å². The summed E-state index contributed by atoms with van der Waals surface area (Å²) >= 11 is 0. The highest BCUT2D eigenvalue weighted by molar-refractivity contribution is 5.62. The summed E-state index contributed by atoms with van der Waals surface area (Å²) in [5.41, 5.74) is 1.58. The van der Waals surface area contributed by atoms with Crippen molar-refractivity contribution >= 4 is 35.2 Å². The zero-order valence-corrected chi connectivity index (χ0v) is 22.5. The lowest BCUT2D eigenvalue weighted by Gasteiger charge is -2.19. The third-order valence-electron chi connectivity index (χ3n) is 5.36. The van der Waals surface area contributed by atoms with Crippen LogP contribution in [0.5, 0.6) is 12.0 Å². The Labute approximate surface area is 223 Å². The van der Waals surface area contributed by atoms with Crippen LogP contribution in [0, 0.1) is 0 Å². The molecule has 2 heterocycles. The summed E-state index contributed by atoms with van der Waals surface area (Å²) in [5.74, 6) is 1.84. The molecule has 0 amide bonds. The molecule has 0 aliphatic heterocycles. The number of anilines is 6. The van der Waals surface area contributed by atoms with Crippen LogP contribution in [0.3, 0.4) is 0 Å². The maximum Gasteiger partial charge on any atom is 0.323 e. The number of aromatic nitrogens is 6. The average molecular weight is 521 g/mol. The third kappa shape index (κ3) is 7.76. The Morgan fingerprint density at radius 1 is 0.632 bits per heavy atom. The molecule has 0 atom stereocenters. The molecule has 0 fully saturated rings. The lowest BCUT2D eigenvalue weighted by molar-refractivity contribution is 0.332. The van der Waals surface area contributed by atoms with Gasteiger partial charge in [0.2, 0.25) is 23.8 Å². The van der Waals surface area contributed by atoms with E-state index in [4.69, 9.17) is 9.47 Å². The molecule has 2 N–H and O–H groups in total. The fourth-order valence-electron chi connectivity index (χ4n) is 3.39. The van der Waals surface area contributed by atoms with Gasteiger partial charge >= 0.3 is 12.0 Å². The monoisotopic (exact) mass is 520 g/mol. The smallest absolute Gasteiger partial charge is 0.323 e. The second-order valence-electron chi connectivity index (χ2n) is 7.85. The highest BCUT2D eigenvalue weighted by Gasteiger charge is 2.14. The van der Waals surface area contributed by atoms with Gasteiger partial charge in [-0.05, 0) is 52.0 Å². The predicted octanol–water partition coefficient (Wildman–Crippen LogP) is 4.37. The first-order valence-electron chi connectivity index (χ1n) is 12.7. The summed E-state index contributed by atoms with van der Waals surface area (Å²) in [6.45, 7) is 19.2. The Bertz CT molecular complexity index is 1090. The number of hydrogen-bond donors (Lipinski definition) is 2. The van der Waals surface area contributed by atoms with Gasteiger partial charge in [0.05, 0.1) is 0 Å². The van der Waals surface area contributed by atoms with Crippen LogP contribution in [0.4, 0.5) is 35.2 Å². The molecule has 0 radical (unpaired) electrons. The summed E-state index contributed by atoms with van der Waals surface area (Å²) in [7, 11) is 0. The van der Waals surface area contributed by atoms with Gasteiger partial charge in [0.1, 0.15) is 13.2 Å². The predicted molar refractivity (Wildman–Crippen MR) is 151 cm³/mol. The zero-order chi connectivity index (χ0) is 27.3. The van der Waals surface area contributed by atoms with E-state index in [-0.39, 0.29) is 12.0 Å². The highest BCUT2D eigenvalue weighted by Crippen LogP contribution is 2.23. The van der Waals surface area contributed by atoms with Gasteiger partial charge in [0, 0.05) is 37.6 Å². The van der Waals surface area contributed by atoms with E-state index in [2.05, 4.69) is 53.7 Å². The van der Waals surface area contributed by atoms with Crippen molar-refractivity contribution in [3.8, 4) is 12.0 Å². The molecule has 1 aromatic carbocycles. The topological polar surface area (TPSA) is 126 Å². The van der Waals surface area contributed by atoms with E-state index in [1.807, 2.05) is 61.8 Å². The van der Waals surface area contributed by atoms with Crippen molar-refractivity contribution in [1.29, 1.82) is 0 Å². The van der Waals surface area contributed by atoms with Crippen LogP contribution in [-0.2, 0) is 0 Å². The van der Waals surface area contributed by atoms with Crippen LogP contribution in [-0.4, -0.2) is 69.3 Å². The Kier molecular flexibility index (Phi) is 10.6. The first-order chi connectivity index (χ1) is 18.5. The van der Waals surface area contributed by atoms with Crippen molar-refractivity contribution < 1.29 is 9.47 Å². The Balaban J connectivity index is 1.80. The minimum absolute atomic E-state index is 0.232. The van der Waals surface area contributed by atoms with Crippen LogP contribution in [0.1, 0.15) is 27.7 Å². The molecule has 0 aliphatic rings. The van der Waals surface area contributed by atoms with Gasteiger partial charge in [0.25, 0.3) is 0 Å².